The minimum Gasteiger partial charge on any atom is -0.444 e. The van der Waals surface area contributed by atoms with Crippen LogP contribution in [0.3, 0.4) is 0 Å². The molecule has 1 saturated carbocycles. The van der Waals surface area contributed by atoms with E-state index < -0.39 is 11.2 Å². The Morgan fingerprint density at radius 1 is 1.37 bits per heavy atom. The smallest absolute Gasteiger partial charge is 0.410 e. The molecule has 2 fully saturated rings. The predicted molar refractivity (Wildman–Crippen MR) is 116 cm³/mol. The molecule has 0 spiro atoms. The largest absolute Gasteiger partial charge is 0.444 e. The maximum atomic E-state index is 12.9. The number of hydrogen-bond acceptors (Lipinski definition) is 5. The van der Waals surface area contributed by atoms with E-state index in [9.17, 15) is 15.2 Å². The summed E-state index contributed by atoms with van der Waals surface area (Å²) in [5, 5.41) is 24.4. The second-order valence-electron chi connectivity index (χ2n) is 9.72. The summed E-state index contributed by atoms with van der Waals surface area (Å²) in [4.78, 5) is 14.7. The number of amides is 1. The Morgan fingerprint density at radius 2 is 2.10 bits per heavy atom. The van der Waals surface area contributed by atoms with Crippen LogP contribution in [0, 0.1) is 11.3 Å². The zero-order valence-corrected chi connectivity index (χ0v) is 18.5. The van der Waals surface area contributed by atoms with Gasteiger partial charge in [0.05, 0.1) is 17.2 Å². The second kappa shape index (κ2) is 9.36. The molecule has 2 atom stereocenters. The zero-order chi connectivity index (χ0) is 21.8. The third-order valence-electron chi connectivity index (χ3n) is 6.27. The maximum absolute atomic E-state index is 12.9. The fraction of sp³-hybridized carbons (Fsp3) is 0.667. The molecule has 1 aliphatic carbocycles. The Labute approximate surface area is 180 Å². The summed E-state index contributed by atoms with van der Waals surface area (Å²) in [7, 11) is 0. The number of benzene rings is 1. The number of nitrogens with one attached hydrogen (secondary N) is 1. The van der Waals surface area contributed by atoms with Crippen LogP contribution in [-0.4, -0.2) is 53.0 Å². The Kier molecular flexibility index (Phi) is 7.05. The van der Waals surface area contributed by atoms with E-state index in [2.05, 4.69) is 11.4 Å². The van der Waals surface area contributed by atoms with Crippen LogP contribution in [0.25, 0.3) is 0 Å². The topological polar surface area (TPSA) is 85.6 Å². The van der Waals surface area contributed by atoms with Gasteiger partial charge >= 0.3 is 6.09 Å². The van der Waals surface area contributed by atoms with E-state index in [0.29, 0.717) is 25.1 Å². The number of carbonyl (C=O) groups is 1. The lowest BCUT2D eigenvalue weighted by Gasteiger charge is -2.44. The van der Waals surface area contributed by atoms with Crippen LogP contribution < -0.4 is 5.32 Å². The molecular formula is C24H35N3O3. The van der Waals surface area contributed by atoms with E-state index in [0.717, 1.165) is 44.2 Å². The van der Waals surface area contributed by atoms with E-state index in [1.54, 1.807) is 6.07 Å². The van der Waals surface area contributed by atoms with Crippen molar-refractivity contribution in [3.63, 3.8) is 0 Å². The molecule has 1 aliphatic heterocycles. The van der Waals surface area contributed by atoms with Gasteiger partial charge in [0.25, 0.3) is 0 Å². The van der Waals surface area contributed by atoms with Crippen molar-refractivity contribution in [1.29, 1.82) is 5.26 Å². The third-order valence-corrected chi connectivity index (χ3v) is 6.27. The summed E-state index contributed by atoms with van der Waals surface area (Å²) in [5.41, 5.74) is 0.216. The molecule has 1 aromatic carbocycles. The van der Waals surface area contributed by atoms with Gasteiger partial charge in [0, 0.05) is 31.6 Å². The van der Waals surface area contributed by atoms with Crippen molar-refractivity contribution >= 4 is 6.09 Å². The van der Waals surface area contributed by atoms with Gasteiger partial charge in [-0.2, -0.15) is 5.26 Å². The fourth-order valence-electron chi connectivity index (χ4n) is 4.81. The Hall–Kier alpha value is -2.10. The molecule has 2 aliphatic rings. The average molecular weight is 414 g/mol. The number of rotatable bonds is 4. The molecule has 3 rings (SSSR count). The summed E-state index contributed by atoms with van der Waals surface area (Å²) in [6.07, 6.45) is 4.99. The molecule has 164 valence electrons. The molecule has 2 unspecified atom stereocenters. The lowest BCUT2D eigenvalue weighted by Crippen LogP contribution is -2.56. The summed E-state index contributed by atoms with van der Waals surface area (Å²) >= 11 is 0. The van der Waals surface area contributed by atoms with Crippen molar-refractivity contribution in [3.8, 4) is 6.07 Å². The van der Waals surface area contributed by atoms with Crippen molar-refractivity contribution in [2.45, 2.75) is 82.5 Å². The number of carbonyl (C=O) groups excluding carboxylic acids is 1. The molecule has 0 aromatic heterocycles. The average Bonchev–Trinajstić information content (AvgIpc) is 2.71. The first-order valence-electron chi connectivity index (χ1n) is 11.1. The highest BCUT2D eigenvalue weighted by atomic mass is 16.6. The van der Waals surface area contributed by atoms with Crippen molar-refractivity contribution in [1.82, 2.24) is 10.2 Å². The summed E-state index contributed by atoms with van der Waals surface area (Å²) in [6, 6.07) is 9.72. The van der Waals surface area contributed by atoms with Crippen molar-refractivity contribution in [2.75, 3.05) is 19.6 Å². The van der Waals surface area contributed by atoms with E-state index in [1.165, 1.54) is 0 Å². The van der Waals surface area contributed by atoms with E-state index in [1.807, 2.05) is 43.9 Å². The number of piperazine rings is 1. The number of ether oxygens (including phenoxy) is 1. The lowest BCUT2D eigenvalue weighted by molar-refractivity contribution is -0.0357. The van der Waals surface area contributed by atoms with Gasteiger partial charge in [0.15, 0.2) is 0 Å². The Bertz CT molecular complexity index is 775. The van der Waals surface area contributed by atoms with Crippen LogP contribution in [0.2, 0.25) is 0 Å². The molecule has 6 heteroatoms. The SMILES string of the molecule is CC(C)(C)OC(=O)N1CCNCC1CC(c1cccc(C#N)c1)C1(O)CCCCC1. The van der Waals surface area contributed by atoms with Crippen LogP contribution in [0.15, 0.2) is 24.3 Å². The maximum Gasteiger partial charge on any atom is 0.410 e. The van der Waals surface area contributed by atoms with Gasteiger partial charge < -0.3 is 20.1 Å². The third kappa shape index (κ3) is 5.53. The first kappa shape index (κ1) is 22.6. The summed E-state index contributed by atoms with van der Waals surface area (Å²) in [5.74, 6) is -0.138. The van der Waals surface area contributed by atoms with E-state index in [-0.39, 0.29) is 18.1 Å². The lowest BCUT2D eigenvalue weighted by atomic mass is 9.70. The van der Waals surface area contributed by atoms with Crippen LogP contribution in [0.5, 0.6) is 0 Å². The second-order valence-corrected chi connectivity index (χ2v) is 9.72. The molecule has 1 amide bonds. The summed E-state index contributed by atoms with van der Waals surface area (Å²) < 4.78 is 5.66. The van der Waals surface area contributed by atoms with Crippen LogP contribution in [-0.2, 0) is 4.74 Å². The van der Waals surface area contributed by atoms with Crippen LogP contribution >= 0.6 is 0 Å². The quantitative estimate of drug-likeness (QED) is 0.781. The van der Waals surface area contributed by atoms with Gasteiger partial charge in [0.1, 0.15) is 5.60 Å². The first-order chi connectivity index (χ1) is 14.2. The number of aliphatic hydroxyl groups is 1. The molecular weight excluding hydrogens is 378 g/mol. The molecule has 1 heterocycles. The van der Waals surface area contributed by atoms with Gasteiger partial charge in [-0.3, -0.25) is 0 Å². The van der Waals surface area contributed by atoms with E-state index in [4.69, 9.17) is 4.74 Å². The highest BCUT2D eigenvalue weighted by molar-refractivity contribution is 5.68. The van der Waals surface area contributed by atoms with Crippen molar-refractivity contribution in [3.05, 3.63) is 35.4 Å². The van der Waals surface area contributed by atoms with Gasteiger partial charge in [-0.25, -0.2) is 4.79 Å². The van der Waals surface area contributed by atoms with Crippen LogP contribution in [0.1, 0.15) is 76.3 Å². The van der Waals surface area contributed by atoms with Gasteiger partial charge in [-0.15, -0.1) is 0 Å². The Morgan fingerprint density at radius 3 is 2.77 bits per heavy atom. The van der Waals surface area contributed by atoms with Crippen molar-refractivity contribution in [2.24, 2.45) is 0 Å². The van der Waals surface area contributed by atoms with Gasteiger partial charge in [-0.05, 0) is 57.7 Å². The molecule has 1 aromatic rings. The Balaban J connectivity index is 1.89. The summed E-state index contributed by atoms with van der Waals surface area (Å²) in [6.45, 7) is 7.62. The molecule has 6 nitrogen and oxygen atoms in total. The van der Waals surface area contributed by atoms with Gasteiger partial charge in [0.2, 0.25) is 0 Å². The number of hydrogen-bond donors (Lipinski definition) is 2. The molecule has 2 N–H and O–H groups in total. The monoisotopic (exact) mass is 413 g/mol. The predicted octanol–water partition coefficient (Wildman–Crippen LogP) is 3.94. The first-order valence-corrected chi connectivity index (χ1v) is 11.1. The van der Waals surface area contributed by atoms with Gasteiger partial charge in [-0.1, -0.05) is 31.4 Å². The molecule has 0 radical (unpaired) electrons. The fourth-order valence-corrected chi connectivity index (χ4v) is 4.81. The molecule has 0 bridgehead atoms. The van der Waals surface area contributed by atoms with E-state index >= 15 is 0 Å². The number of nitriles is 1. The molecule has 1 saturated heterocycles. The standard InChI is InChI=1S/C24H35N3O3/c1-23(2,3)30-22(28)27-13-12-26-17-20(27)15-21(24(29)10-5-4-6-11-24)19-9-7-8-18(14-19)16-25/h7-9,14,20-21,26,29H,4-6,10-13,15,17H2,1-3H3. The van der Waals surface area contributed by atoms with Crippen LogP contribution in [0.4, 0.5) is 4.79 Å². The normalized spacial score (nSPS) is 22.8. The highest BCUT2D eigenvalue weighted by Gasteiger charge is 2.42. The minimum atomic E-state index is -0.816. The zero-order valence-electron chi connectivity index (χ0n) is 18.5. The molecule has 30 heavy (non-hydrogen) atoms. The highest BCUT2D eigenvalue weighted by Crippen LogP contribution is 2.43. The van der Waals surface area contributed by atoms with Crippen molar-refractivity contribution < 1.29 is 14.6 Å². The number of nitrogens with zero attached hydrogens (tertiary/aromatic N) is 2. The minimum absolute atomic E-state index is 0.0738.